The summed E-state index contributed by atoms with van der Waals surface area (Å²) in [7, 11) is 2.74. The molecule has 1 amide bonds. The van der Waals surface area contributed by atoms with Gasteiger partial charge in [-0.1, -0.05) is 0 Å². The Bertz CT molecular complexity index is 1010. The molecule has 1 saturated heterocycles. The number of carbonyl (C=O) groups is 1. The summed E-state index contributed by atoms with van der Waals surface area (Å²) >= 11 is 0. The van der Waals surface area contributed by atoms with Crippen molar-refractivity contribution < 1.29 is 27.4 Å². The largest absolute Gasteiger partial charge is 0.497 e. The van der Waals surface area contributed by atoms with Gasteiger partial charge in [0.15, 0.2) is 11.5 Å². The van der Waals surface area contributed by atoms with Crippen molar-refractivity contribution in [1.29, 1.82) is 0 Å². The quantitative estimate of drug-likeness (QED) is 0.648. The molecule has 0 saturated carbocycles. The Labute approximate surface area is 183 Å². The van der Waals surface area contributed by atoms with Crippen LogP contribution in [0.4, 0.5) is 5.69 Å². The minimum Gasteiger partial charge on any atom is -0.497 e. The molecule has 31 heavy (non-hydrogen) atoms. The Kier molecular flexibility index (Phi) is 7.07. The molecular formula is C22H28N2O6S. The number of sulfonamides is 1. The van der Waals surface area contributed by atoms with Crippen molar-refractivity contribution in [3.05, 3.63) is 42.5 Å². The molecule has 8 nitrogen and oxygen atoms in total. The van der Waals surface area contributed by atoms with Crippen molar-refractivity contribution >= 4 is 21.6 Å². The molecule has 168 valence electrons. The van der Waals surface area contributed by atoms with Gasteiger partial charge >= 0.3 is 0 Å². The average Bonchev–Trinajstić information content (AvgIpc) is 2.82. The van der Waals surface area contributed by atoms with Crippen molar-refractivity contribution in [3.63, 3.8) is 0 Å². The fourth-order valence-corrected chi connectivity index (χ4v) is 5.14. The third-order valence-electron chi connectivity index (χ3n) is 5.59. The molecule has 0 spiro atoms. The summed E-state index contributed by atoms with van der Waals surface area (Å²) in [4.78, 5) is 14.8. The summed E-state index contributed by atoms with van der Waals surface area (Å²) in [6.45, 7) is 0.592. The highest BCUT2D eigenvalue weighted by molar-refractivity contribution is 7.89. The van der Waals surface area contributed by atoms with E-state index >= 15 is 0 Å². The van der Waals surface area contributed by atoms with Gasteiger partial charge in [0.05, 0.1) is 26.2 Å². The first-order valence-corrected chi connectivity index (χ1v) is 11.4. The van der Waals surface area contributed by atoms with Crippen molar-refractivity contribution in [2.45, 2.75) is 17.7 Å². The summed E-state index contributed by atoms with van der Waals surface area (Å²) in [6.07, 6.45) is 0.928. The lowest BCUT2D eigenvalue weighted by Crippen LogP contribution is -2.43. The van der Waals surface area contributed by atoms with Crippen molar-refractivity contribution in [2.75, 3.05) is 46.4 Å². The molecule has 0 aliphatic carbocycles. The monoisotopic (exact) mass is 448 g/mol. The van der Waals surface area contributed by atoms with E-state index in [9.17, 15) is 13.2 Å². The van der Waals surface area contributed by atoms with E-state index in [-0.39, 0.29) is 16.7 Å². The van der Waals surface area contributed by atoms with E-state index in [4.69, 9.17) is 14.2 Å². The van der Waals surface area contributed by atoms with E-state index in [1.165, 1.54) is 23.5 Å². The predicted octanol–water partition coefficient (Wildman–Crippen LogP) is 2.78. The number of hydrogen-bond donors (Lipinski definition) is 0. The summed E-state index contributed by atoms with van der Waals surface area (Å²) in [5.74, 6) is 1.43. The molecule has 1 heterocycles. The first-order chi connectivity index (χ1) is 14.8. The van der Waals surface area contributed by atoms with E-state index in [0.717, 1.165) is 0 Å². The SMILES string of the molecule is COc1ccc(S(=O)(=O)N2CCC(C(=O)N(C)c3ccc(OC)c(OC)c3)CC2)cc1. The molecule has 1 fully saturated rings. The zero-order valence-corrected chi connectivity index (χ0v) is 19.0. The molecule has 0 aromatic heterocycles. The number of carbonyl (C=O) groups excluding carboxylic acids is 1. The summed E-state index contributed by atoms with van der Waals surface area (Å²) < 4.78 is 42.9. The third kappa shape index (κ3) is 4.77. The van der Waals surface area contributed by atoms with Crippen LogP contribution in [0, 0.1) is 5.92 Å². The first-order valence-electron chi connectivity index (χ1n) is 9.95. The molecule has 3 rings (SSSR count). The molecule has 9 heteroatoms. The van der Waals surface area contributed by atoms with Gasteiger partial charge in [0.2, 0.25) is 15.9 Å². The molecule has 0 bridgehead atoms. The number of amides is 1. The van der Waals surface area contributed by atoms with Crippen LogP contribution in [-0.4, -0.2) is 60.1 Å². The Morgan fingerprint density at radius 3 is 2.10 bits per heavy atom. The van der Waals surface area contributed by atoms with Gasteiger partial charge in [0, 0.05) is 37.8 Å². The fraction of sp³-hybridized carbons (Fsp3) is 0.409. The number of ether oxygens (including phenoxy) is 3. The number of methoxy groups -OCH3 is 3. The van der Waals surface area contributed by atoms with Gasteiger partial charge in [0.25, 0.3) is 0 Å². The third-order valence-corrected chi connectivity index (χ3v) is 7.50. The van der Waals surface area contributed by atoms with Crippen molar-refractivity contribution in [1.82, 2.24) is 4.31 Å². The molecule has 2 aromatic rings. The number of nitrogens with zero attached hydrogens (tertiary/aromatic N) is 2. The predicted molar refractivity (Wildman–Crippen MR) is 117 cm³/mol. The van der Waals surface area contributed by atoms with Gasteiger partial charge in [0.1, 0.15) is 5.75 Å². The topological polar surface area (TPSA) is 85.4 Å². The van der Waals surface area contributed by atoms with Gasteiger partial charge in [-0.25, -0.2) is 8.42 Å². The minimum atomic E-state index is -3.60. The molecular weight excluding hydrogens is 420 g/mol. The Morgan fingerprint density at radius 2 is 1.55 bits per heavy atom. The average molecular weight is 449 g/mol. The van der Waals surface area contributed by atoms with E-state index in [1.54, 1.807) is 56.5 Å². The molecule has 0 unspecified atom stereocenters. The number of piperidine rings is 1. The Morgan fingerprint density at radius 1 is 0.935 bits per heavy atom. The Balaban J connectivity index is 1.66. The minimum absolute atomic E-state index is 0.0475. The molecule has 0 atom stereocenters. The van der Waals surface area contributed by atoms with Crippen LogP contribution in [0.5, 0.6) is 17.2 Å². The first kappa shape index (κ1) is 22.9. The molecule has 1 aliphatic rings. The van der Waals surface area contributed by atoms with Crippen LogP contribution in [0.15, 0.2) is 47.4 Å². The second-order valence-corrected chi connectivity index (χ2v) is 9.23. The molecule has 0 radical (unpaired) electrons. The van der Waals surface area contributed by atoms with Gasteiger partial charge in [-0.3, -0.25) is 4.79 Å². The van der Waals surface area contributed by atoms with Crippen LogP contribution in [0.25, 0.3) is 0 Å². The molecule has 0 N–H and O–H groups in total. The lowest BCUT2D eigenvalue weighted by atomic mass is 9.96. The van der Waals surface area contributed by atoms with E-state index in [0.29, 0.717) is 48.9 Å². The van der Waals surface area contributed by atoms with Gasteiger partial charge in [-0.2, -0.15) is 4.31 Å². The maximum absolute atomic E-state index is 13.0. The van der Waals surface area contributed by atoms with Crippen LogP contribution in [0.1, 0.15) is 12.8 Å². The highest BCUT2D eigenvalue weighted by Gasteiger charge is 2.33. The zero-order chi connectivity index (χ0) is 22.6. The number of hydrogen-bond acceptors (Lipinski definition) is 6. The highest BCUT2D eigenvalue weighted by atomic mass is 32.2. The van der Waals surface area contributed by atoms with Crippen LogP contribution in [-0.2, 0) is 14.8 Å². The zero-order valence-electron chi connectivity index (χ0n) is 18.2. The molecule has 1 aliphatic heterocycles. The Hall–Kier alpha value is -2.78. The lowest BCUT2D eigenvalue weighted by Gasteiger charge is -2.32. The van der Waals surface area contributed by atoms with Gasteiger partial charge < -0.3 is 19.1 Å². The van der Waals surface area contributed by atoms with Crippen LogP contribution < -0.4 is 19.1 Å². The second kappa shape index (κ2) is 9.57. The summed E-state index contributed by atoms with van der Waals surface area (Å²) in [5.41, 5.74) is 0.691. The van der Waals surface area contributed by atoms with E-state index < -0.39 is 10.0 Å². The number of anilines is 1. The standard InChI is InChI=1S/C22H28N2O6S/c1-23(17-5-10-20(29-3)21(15-17)30-4)22(25)16-11-13-24(14-12-16)31(26,27)19-8-6-18(28-2)7-9-19/h5-10,15-16H,11-14H2,1-4H3. The number of rotatable bonds is 7. The van der Waals surface area contributed by atoms with E-state index in [2.05, 4.69) is 0 Å². The molecule has 2 aromatic carbocycles. The normalized spacial score (nSPS) is 15.4. The smallest absolute Gasteiger partial charge is 0.243 e. The number of benzene rings is 2. The van der Waals surface area contributed by atoms with Gasteiger partial charge in [-0.05, 0) is 49.2 Å². The summed E-state index contributed by atoms with van der Waals surface area (Å²) in [5, 5.41) is 0. The van der Waals surface area contributed by atoms with Crippen molar-refractivity contribution in [3.8, 4) is 17.2 Å². The maximum Gasteiger partial charge on any atom is 0.243 e. The maximum atomic E-state index is 13.0. The van der Waals surface area contributed by atoms with Crippen LogP contribution in [0.3, 0.4) is 0 Å². The lowest BCUT2D eigenvalue weighted by molar-refractivity contribution is -0.123. The van der Waals surface area contributed by atoms with Crippen molar-refractivity contribution in [2.24, 2.45) is 5.92 Å². The van der Waals surface area contributed by atoms with E-state index in [1.807, 2.05) is 0 Å². The fourth-order valence-electron chi connectivity index (χ4n) is 3.67. The van der Waals surface area contributed by atoms with Crippen LogP contribution in [0.2, 0.25) is 0 Å². The summed E-state index contributed by atoms with van der Waals surface area (Å²) in [6, 6.07) is 11.6. The van der Waals surface area contributed by atoms with Gasteiger partial charge in [-0.15, -0.1) is 0 Å². The second-order valence-electron chi connectivity index (χ2n) is 7.29. The highest BCUT2D eigenvalue weighted by Crippen LogP contribution is 2.33. The van der Waals surface area contributed by atoms with Crippen LogP contribution >= 0.6 is 0 Å².